The molecule has 11 N–H and O–H groups in total. The van der Waals surface area contributed by atoms with Crippen LogP contribution in [0.25, 0.3) is 10.8 Å². The molecule has 2 fully saturated rings. The van der Waals surface area contributed by atoms with Gasteiger partial charge in [0.1, 0.15) is 30.5 Å². The zero-order chi connectivity index (χ0) is 26.0. The molecule has 198 valence electrons. The Morgan fingerprint density at radius 1 is 1.06 bits per heavy atom. The van der Waals surface area contributed by atoms with E-state index in [1.54, 1.807) is 24.4 Å². The third kappa shape index (κ3) is 5.25. The van der Waals surface area contributed by atoms with Gasteiger partial charge in [0.05, 0.1) is 31.4 Å². The van der Waals surface area contributed by atoms with Crippen LogP contribution in [0.3, 0.4) is 0 Å². The summed E-state index contributed by atoms with van der Waals surface area (Å²) in [4.78, 5) is 12.8. The Kier molecular flexibility index (Phi) is 8.26. The first kappa shape index (κ1) is 26.5. The van der Waals surface area contributed by atoms with Gasteiger partial charge in [0.25, 0.3) is 5.91 Å². The number of hydrogen-bond donors (Lipinski definition) is 9. The molecular weight excluding hydrogens is 482 g/mol. The normalized spacial score (nSPS) is 37.0. The summed E-state index contributed by atoms with van der Waals surface area (Å²) >= 11 is 0. The van der Waals surface area contributed by atoms with Crippen molar-refractivity contribution < 1.29 is 55.4 Å². The second kappa shape index (κ2) is 11.2. The summed E-state index contributed by atoms with van der Waals surface area (Å²) in [6, 6.07) is 6.29. The van der Waals surface area contributed by atoms with E-state index >= 15 is 0 Å². The molecule has 1 aromatic carbocycles. The molecule has 15 heteroatoms. The standard InChI is InChI=1S/C21H29N5O10/c22-12-10(13(28)11(6-27)35-20(12)33)7-34-21-16(31)14(29)15(30)17(36-21)19(32)26-25-18-9-4-2-1-3-8(9)5-23-24-18/h1-5,10-17,20-21,27-31,33H,6-7,22H2,(H,24,25)(H,26,32)/p+1/t10-,11?,12?,13-,14+,15-,16?,17?,20+,21+/m0/s1. The summed E-state index contributed by atoms with van der Waals surface area (Å²) in [7, 11) is 0. The molecule has 2 aliphatic rings. The van der Waals surface area contributed by atoms with Gasteiger partial charge in [-0.15, -0.1) is 5.10 Å². The van der Waals surface area contributed by atoms with E-state index in [1.165, 1.54) is 0 Å². The lowest BCUT2D eigenvalue weighted by atomic mass is 9.88. The third-order valence-electron chi connectivity index (χ3n) is 6.39. The quantitative estimate of drug-likeness (QED) is 0.158. The fourth-order valence-electron chi connectivity index (χ4n) is 4.19. The van der Waals surface area contributed by atoms with Gasteiger partial charge >= 0.3 is 0 Å². The zero-order valence-electron chi connectivity index (χ0n) is 19.0. The Hall–Kier alpha value is -2.57. The molecule has 3 heterocycles. The second-order valence-electron chi connectivity index (χ2n) is 8.69. The first-order valence-electron chi connectivity index (χ1n) is 11.3. The molecular formula is C21H30N5O10+. The molecule has 15 nitrogen and oxygen atoms in total. The number of aliphatic hydroxyl groups is 6. The van der Waals surface area contributed by atoms with Crippen LogP contribution in [0, 0.1) is 5.92 Å². The Bertz CT molecular complexity index is 1040. The van der Waals surface area contributed by atoms with E-state index in [-0.39, 0.29) is 12.4 Å². The second-order valence-corrected chi connectivity index (χ2v) is 8.69. The molecule has 0 saturated carbocycles. The number of benzene rings is 1. The molecule has 10 atom stereocenters. The molecule has 0 aliphatic carbocycles. The van der Waals surface area contributed by atoms with Crippen molar-refractivity contribution in [3.63, 3.8) is 0 Å². The van der Waals surface area contributed by atoms with Crippen molar-refractivity contribution in [3.05, 3.63) is 30.5 Å². The van der Waals surface area contributed by atoms with E-state index in [1.807, 2.05) is 6.07 Å². The van der Waals surface area contributed by atoms with Crippen molar-refractivity contribution in [1.29, 1.82) is 0 Å². The van der Waals surface area contributed by atoms with Crippen molar-refractivity contribution in [2.24, 2.45) is 5.92 Å². The molecule has 0 radical (unpaired) electrons. The number of hydrazine groups is 1. The average Bonchev–Trinajstić information content (AvgIpc) is 2.89. The average molecular weight is 512 g/mol. The minimum Gasteiger partial charge on any atom is -0.394 e. The van der Waals surface area contributed by atoms with Gasteiger partial charge < -0.3 is 50.6 Å². The predicted molar refractivity (Wildman–Crippen MR) is 118 cm³/mol. The van der Waals surface area contributed by atoms with Crippen LogP contribution in [0.2, 0.25) is 0 Å². The highest BCUT2D eigenvalue weighted by molar-refractivity contribution is 5.92. The molecule has 4 rings (SSSR count). The van der Waals surface area contributed by atoms with Gasteiger partial charge in [-0.25, -0.2) is 0 Å². The van der Waals surface area contributed by atoms with Crippen LogP contribution in [0.1, 0.15) is 0 Å². The number of fused-ring (bicyclic) bond motifs is 1. The van der Waals surface area contributed by atoms with Crippen LogP contribution < -0.4 is 16.6 Å². The van der Waals surface area contributed by atoms with Gasteiger partial charge in [-0.05, 0) is 0 Å². The van der Waals surface area contributed by atoms with Crippen molar-refractivity contribution in [3.8, 4) is 0 Å². The largest absolute Gasteiger partial charge is 0.394 e. The molecule has 2 aromatic rings. The topological polar surface area (TPSA) is 244 Å². The van der Waals surface area contributed by atoms with Gasteiger partial charge in [-0.1, -0.05) is 24.3 Å². The lowest BCUT2D eigenvalue weighted by Gasteiger charge is -2.42. The maximum atomic E-state index is 12.8. The third-order valence-corrected chi connectivity index (χ3v) is 6.39. The molecule has 36 heavy (non-hydrogen) atoms. The summed E-state index contributed by atoms with van der Waals surface area (Å²) in [5.74, 6) is -1.51. The zero-order valence-corrected chi connectivity index (χ0v) is 19.0. The summed E-state index contributed by atoms with van der Waals surface area (Å²) in [6.45, 7) is -0.903. The number of rotatable bonds is 7. The summed E-state index contributed by atoms with van der Waals surface area (Å²) < 4.78 is 16.1. The number of amides is 1. The molecule has 1 amide bonds. The van der Waals surface area contributed by atoms with Gasteiger partial charge in [-0.3, -0.25) is 15.6 Å². The molecule has 0 spiro atoms. The van der Waals surface area contributed by atoms with Gasteiger partial charge in [0.2, 0.25) is 6.29 Å². The minimum absolute atomic E-state index is 0.229. The Morgan fingerprint density at radius 2 is 1.81 bits per heavy atom. The van der Waals surface area contributed by atoms with E-state index in [9.17, 15) is 35.4 Å². The number of aromatic nitrogens is 2. The number of anilines is 1. The van der Waals surface area contributed by atoms with E-state index in [0.29, 0.717) is 5.39 Å². The maximum absolute atomic E-state index is 12.8. The number of nitrogens with one attached hydrogen (secondary N) is 2. The number of carbonyl (C=O) groups is 1. The van der Waals surface area contributed by atoms with Gasteiger partial charge in [0.15, 0.2) is 18.2 Å². The summed E-state index contributed by atoms with van der Waals surface area (Å²) in [5, 5.41) is 69.9. The van der Waals surface area contributed by atoms with Gasteiger partial charge in [-0.2, -0.15) is 5.10 Å². The Balaban J connectivity index is 1.41. The molecule has 1 aromatic heterocycles. The van der Waals surface area contributed by atoms with Crippen LogP contribution in [-0.2, 0) is 19.0 Å². The highest BCUT2D eigenvalue weighted by atomic mass is 16.7. The number of ether oxygens (including phenoxy) is 3. The highest BCUT2D eigenvalue weighted by Gasteiger charge is 2.49. The van der Waals surface area contributed by atoms with Crippen LogP contribution in [0.5, 0.6) is 0 Å². The van der Waals surface area contributed by atoms with E-state index < -0.39 is 73.7 Å². The number of hydrogen-bond acceptors (Lipinski definition) is 13. The van der Waals surface area contributed by atoms with E-state index in [2.05, 4.69) is 26.8 Å². The fourth-order valence-corrected chi connectivity index (χ4v) is 4.19. The molecule has 0 bridgehead atoms. The van der Waals surface area contributed by atoms with Crippen LogP contribution in [-0.4, -0.2) is 115 Å². The molecule has 2 aliphatic heterocycles. The monoisotopic (exact) mass is 512 g/mol. The Morgan fingerprint density at radius 3 is 2.56 bits per heavy atom. The van der Waals surface area contributed by atoms with Crippen molar-refractivity contribution in [2.75, 3.05) is 18.6 Å². The summed E-state index contributed by atoms with van der Waals surface area (Å²) in [5.41, 5.74) is 8.67. The number of nitrogens with zero attached hydrogens (tertiary/aromatic N) is 2. The predicted octanol–water partition coefficient (Wildman–Crippen LogP) is -4.81. The first-order chi connectivity index (χ1) is 17.2. The number of quaternary nitrogens is 1. The first-order valence-corrected chi connectivity index (χ1v) is 11.3. The van der Waals surface area contributed by atoms with Crippen LogP contribution in [0.4, 0.5) is 5.82 Å². The molecule has 4 unspecified atom stereocenters. The van der Waals surface area contributed by atoms with Crippen LogP contribution >= 0.6 is 0 Å². The minimum atomic E-state index is -1.80. The van der Waals surface area contributed by atoms with Crippen LogP contribution in [0.15, 0.2) is 30.5 Å². The summed E-state index contributed by atoms with van der Waals surface area (Å²) in [6.07, 6.45) is -10.8. The molecule has 2 saturated heterocycles. The van der Waals surface area contributed by atoms with E-state index in [4.69, 9.17) is 14.2 Å². The Labute approximate surface area is 204 Å². The fraction of sp³-hybridized carbons (Fsp3) is 0.571. The van der Waals surface area contributed by atoms with Crippen molar-refractivity contribution >= 4 is 22.5 Å². The van der Waals surface area contributed by atoms with Crippen molar-refractivity contribution in [2.45, 2.75) is 55.2 Å². The smallest absolute Gasteiger partial charge is 0.270 e. The van der Waals surface area contributed by atoms with E-state index in [0.717, 1.165) is 5.39 Å². The lowest BCUT2D eigenvalue weighted by molar-refractivity contribution is -0.496. The lowest BCUT2D eigenvalue weighted by Crippen LogP contribution is -2.76. The van der Waals surface area contributed by atoms with Gasteiger partial charge in [0, 0.05) is 10.8 Å². The number of aliphatic hydroxyl groups excluding tert-OH is 6. The SMILES string of the molecule is [NH3+]C1[C@H](O)OC(CO)[C@@H](O)[C@H]1CO[C@@H]1OC(C(=O)NNc2nncc3ccccc23)[C@@H](O)[C@@H](O)C1O. The highest BCUT2D eigenvalue weighted by Crippen LogP contribution is 2.27. The van der Waals surface area contributed by atoms with Crippen molar-refractivity contribution in [1.82, 2.24) is 15.6 Å². The maximum Gasteiger partial charge on any atom is 0.270 e. The number of carbonyl (C=O) groups excluding carboxylic acids is 1.